The Morgan fingerprint density at radius 2 is 1.92 bits per heavy atom. The van der Waals surface area contributed by atoms with Crippen LogP contribution in [0.5, 0.6) is 0 Å². The molecule has 0 aliphatic heterocycles. The molecule has 5 heteroatoms. The second-order valence-corrected chi connectivity index (χ2v) is 10.6. The molecule has 0 amide bonds. The van der Waals surface area contributed by atoms with Gasteiger partial charge < -0.3 is 9.16 Å². The summed E-state index contributed by atoms with van der Waals surface area (Å²) < 4.78 is 10.9. The Hall–Kier alpha value is -1.10. The average molecular weight is 355 g/mol. The predicted octanol–water partition coefficient (Wildman–Crippen LogP) is 4.25. The molecule has 1 unspecified atom stereocenters. The van der Waals surface area contributed by atoms with Crippen molar-refractivity contribution in [1.82, 2.24) is 0 Å². The van der Waals surface area contributed by atoms with Crippen LogP contribution in [0, 0.1) is 17.3 Å². The molecule has 0 N–H and O–H groups in total. The second kappa shape index (κ2) is 8.84. The topological polar surface area (TPSA) is 52.6 Å². The monoisotopic (exact) mass is 354 g/mol. The first-order chi connectivity index (χ1) is 11.1. The van der Waals surface area contributed by atoms with Crippen LogP contribution < -0.4 is 0 Å². The minimum absolute atomic E-state index is 0.0371. The van der Waals surface area contributed by atoms with Crippen molar-refractivity contribution in [2.75, 3.05) is 7.11 Å². The Morgan fingerprint density at radius 3 is 2.42 bits per heavy atom. The van der Waals surface area contributed by atoms with Crippen LogP contribution in [0.3, 0.4) is 0 Å². The number of ketones is 1. The smallest absolute Gasteiger partial charge is 0.308 e. The van der Waals surface area contributed by atoms with Gasteiger partial charge in [-0.25, -0.2) is 0 Å². The normalized spacial score (nSPS) is 19.8. The highest BCUT2D eigenvalue weighted by Gasteiger charge is 2.40. The van der Waals surface area contributed by atoms with E-state index in [1.807, 2.05) is 6.92 Å². The molecule has 4 nitrogen and oxygen atoms in total. The van der Waals surface area contributed by atoms with Gasteiger partial charge in [-0.15, -0.1) is 0 Å². The number of methoxy groups -OCH3 is 1. The summed E-state index contributed by atoms with van der Waals surface area (Å²) in [6, 6.07) is 0. The fourth-order valence-corrected chi connectivity index (χ4v) is 4.00. The third-order valence-corrected chi connectivity index (χ3v) is 5.39. The lowest BCUT2D eigenvalue weighted by molar-refractivity contribution is -0.145. The van der Waals surface area contributed by atoms with E-state index in [2.05, 4.69) is 33.9 Å². The molecule has 0 spiro atoms. The number of allylic oxidation sites excluding steroid dienone is 2. The van der Waals surface area contributed by atoms with E-state index in [9.17, 15) is 9.59 Å². The van der Waals surface area contributed by atoms with E-state index in [1.165, 1.54) is 7.11 Å². The number of rotatable bonds is 8. The van der Waals surface area contributed by atoms with Gasteiger partial charge in [0.05, 0.1) is 18.8 Å². The Kier molecular flexibility index (Phi) is 7.71. The molecule has 0 saturated carbocycles. The van der Waals surface area contributed by atoms with Gasteiger partial charge in [-0.05, 0) is 37.8 Å². The number of ether oxygens (including phenoxy) is 1. The third-order valence-electron chi connectivity index (χ3n) is 4.67. The van der Waals surface area contributed by atoms with E-state index in [0.29, 0.717) is 6.42 Å². The summed E-state index contributed by atoms with van der Waals surface area (Å²) in [6.45, 7) is 12.7. The first-order valence-corrected chi connectivity index (χ1v) is 11.9. The van der Waals surface area contributed by atoms with Crippen LogP contribution in [0.2, 0.25) is 13.1 Å². The molecule has 0 bridgehead atoms. The van der Waals surface area contributed by atoms with Gasteiger partial charge in [-0.3, -0.25) is 9.59 Å². The van der Waals surface area contributed by atoms with Gasteiger partial charge in [0.15, 0.2) is 5.78 Å². The summed E-state index contributed by atoms with van der Waals surface area (Å²) in [4.78, 5) is 23.9. The van der Waals surface area contributed by atoms with Crippen molar-refractivity contribution in [3.63, 3.8) is 0 Å². The number of carbonyl (C=O) groups excluding carboxylic acids is 2. The van der Waals surface area contributed by atoms with Gasteiger partial charge in [-0.1, -0.05) is 34.1 Å². The SMILES string of the molecule is COC(=O)C(C)CCCCC1=C(O[SiH](C)C)[C@@H](C(C)(C)C)CC1=O. The summed E-state index contributed by atoms with van der Waals surface area (Å²) in [5, 5.41) is 0. The van der Waals surface area contributed by atoms with Gasteiger partial charge in [0.1, 0.15) is 0 Å². The Balaban J connectivity index is 2.73. The molecule has 138 valence electrons. The van der Waals surface area contributed by atoms with Gasteiger partial charge in [0, 0.05) is 17.9 Å². The van der Waals surface area contributed by atoms with Crippen molar-refractivity contribution in [2.24, 2.45) is 17.3 Å². The number of hydrogen-bond acceptors (Lipinski definition) is 4. The summed E-state index contributed by atoms with van der Waals surface area (Å²) in [5.74, 6) is 1.18. The molecule has 2 atom stereocenters. The van der Waals surface area contributed by atoms with Gasteiger partial charge in [-0.2, -0.15) is 0 Å². The number of carbonyl (C=O) groups is 2. The van der Waals surface area contributed by atoms with Gasteiger partial charge in [0.25, 0.3) is 0 Å². The molecule has 1 aliphatic rings. The maximum Gasteiger partial charge on any atom is 0.308 e. The van der Waals surface area contributed by atoms with E-state index in [1.54, 1.807) is 0 Å². The maximum atomic E-state index is 12.5. The predicted molar refractivity (Wildman–Crippen MR) is 99.2 cm³/mol. The van der Waals surface area contributed by atoms with Gasteiger partial charge in [0.2, 0.25) is 9.04 Å². The number of unbranched alkanes of at least 4 members (excludes halogenated alkanes) is 1. The van der Waals surface area contributed by atoms with Gasteiger partial charge >= 0.3 is 5.97 Å². The van der Waals surface area contributed by atoms with Crippen molar-refractivity contribution in [3.8, 4) is 0 Å². The molecule has 0 radical (unpaired) electrons. The fraction of sp³-hybridized carbons (Fsp3) is 0.789. The van der Waals surface area contributed by atoms with Crippen LogP contribution in [0.15, 0.2) is 11.3 Å². The summed E-state index contributed by atoms with van der Waals surface area (Å²) in [7, 11) is 0.177. The average Bonchev–Trinajstić information content (AvgIpc) is 2.78. The molecule has 0 aromatic heterocycles. The first-order valence-electron chi connectivity index (χ1n) is 9.08. The Bertz CT molecular complexity index is 488. The Labute approximate surface area is 148 Å². The molecule has 0 aromatic rings. The zero-order chi connectivity index (χ0) is 18.5. The van der Waals surface area contributed by atoms with Crippen molar-refractivity contribution < 1.29 is 18.8 Å². The number of esters is 1. The summed E-state index contributed by atoms with van der Waals surface area (Å²) in [5.41, 5.74) is 0.942. The van der Waals surface area contributed by atoms with E-state index in [0.717, 1.165) is 37.0 Å². The van der Waals surface area contributed by atoms with Crippen LogP contribution in [-0.4, -0.2) is 27.9 Å². The maximum absolute atomic E-state index is 12.5. The minimum Gasteiger partial charge on any atom is -0.549 e. The molecular weight excluding hydrogens is 320 g/mol. The Morgan fingerprint density at radius 1 is 1.29 bits per heavy atom. The number of hydrogen-bond donors (Lipinski definition) is 0. The molecule has 0 fully saturated rings. The quantitative estimate of drug-likeness (QED) is 0.371. The van der Waals surface area contributed by atoms with Crippen molar-refractivity contribution in [1.29, 1.82) is 0 Å². The largest absolute Gasteiger partial charge is 0.549 e. The molecule has 24 heavy (non-hydrogen) atoms. The highest BCUT2D eigenvalue weighted by molar-refractivity contribution is 6.48. The standard InChI is InChI=1S/C19H34O4Si/c1-13(18(21)22-5)10-8-9-11-14-16(20)12-15(19(2,3)4)17(14)23-24(6)7/h13,15,24H,8-12H2,1-7H3/t13?,15-/m0/s1. The molecule has 1 rings (SSSR count). The third kappa shape index (κ3) is 5.76. The second-order valence-electron chi connectivity index (χ2n) is 8.23. The summed E-state index contributed by atoms with van der Waals surface area (Å²) >= 11 is 0. The van der Waals surface area contributed by atoms with Crippen molar-refractivity contribution >= 4 is 20.8 Å². The lowest BCUT2D eigenvalue weighted by Gasteiger charge is -2.30. The van der Waals surface area contributed by atoms with Crippen molar-refractivity contribution in [3.05, 3.63) is 11.3 Å². The zero-order valence-corrected chi connectivity index (χ0v) is 17.6. The van der Waals surface area contributed by atoms with Crippen LogP contribution in [0.4, 0.5) is 0 Å². The zero-order valence-electron chi connectivity index (χ0n) is 16.4. The van der Waals surface area contributed by atoms with Crippen LogP contribution in [0.1, 0.15) is 59.8 Å². The highest BCUT2D eigenvalue weighted by Crippen LogP contribution is 2.43. The van der Waals surface area contributed by atoms with E-state index in [-0.39, 0.29) is 29.0 Å². The van der Waals surface area contributed by atoms with Crippen LogP contribution in [0.25, 0.3) is 0 Å². The minimum atomic E-state index is -1.25. The van der Waals surface area contributed by atoms with E-state index in [4.69, 9.17) is 9.16 Å². The molecular formula is C19H34O4Si. The molecule has 0 saturated heterocycles. The highest BCUT2D eigenvalue weighted by atomic mass is 28.3. The van der Waals surface area contributed by atoms with Crippen molar-refractivity contribution in [2.45, 2.75) is 72.9 Å². The number of Topliss-reactive ketones (excluding diaryl/α,β-unsaturated/α-hetero) is 1. The fourth-order valence-electron chi connectivity index (χ4n) is 3.19. The van der Waals surface area contributed by atoms with Crippen LogP contribution in [-0.2, 0) is 18.8 Å². The van der Waals surface area contributed by atoms with E-state index >= 15 is 0 Å². The van der Waals surface area contributed by atoms with Crippen LogP contribution >= 0.6 is 0 Å². The molecule has 0 aromatic carbocycles. The molecule has 1 aliphatic carbocycles. The lowest BCUT2D eigenvalue weighted by Crippen LogP contribution is -2.24. The van der Waals surface area contributed by atoms with E-state index < -0.39 is 9.04 Å². The first kappa shape index (κ1) is 20.9. The summed E-state index contributed by atoms with van der Waals surface area (Å²) in [6.07, 6.45) is 3.96. The lowest BCUT2D eigenvalue weighted by atomic mass is 9.79. The molecule has 0 heterocycles.